The van der Waals surface area contributed by atoms with Crippen molar-refractivity contribution in [1.29, 1.82) is 0 Å². The zero-order chi connectivity index (χ0) is 37.9. The number of benzene rings is 4. The third-order valence-electron chi connectivity index (χ3n) is 10.4. The molecule has 3 aliphatic rings. The van der Waals surface area contributed by atoms with Crippen molar-refractivity contribution in [2.45, 2.75) is 88.4 Å². The molecule has 1 aliphatic heterocycles. The fourth-order valence-corrected chi connectivity index (χ4v) is 9.66. The van der Waals surface area contributed by atoms with Gasteiger partial charge in [0.2, 0.25) is 0 Å². The summed E-state index contributed by atoms with van der Waals surface area (Å²) < 4.78 is 2.29. The van der Waals surface area contributed by atoms with Crippen LogP contribution in [-0.2, 0) is 12.8 Å². The van der Waals surface area contributed by atoms with E-state index in [-0.39, 0.29) is 47.2 Å². The van der Waals surface area contributed by atoms with Crippen LogP contribution in [0.4, 0.5) is 0 Å². The van der Waals surface area contributed by atoms with E-state index < -0.39 is 0 Å². The summed E-state index contributed by atoms with van der Waals surface area (Å²) in [5.41, 5.74) is 6.27. The van der Waals surface area contributed by atoms with Crippen LogP contribution in [0.1, 0.15) is 95.9 Å². The van der Waals surface area contributed by atoms with Crippen LogP contribution in [0, 0.1) is 0 Å². The Labute approximate surface area is 348 Å². The van der Waals surface area contributed by atoms with Crippen LogP contribution in [0.25, 0.3) is 0 Å². The molecule has 2 fully saturated rings. The van der Waals surface area contributed by atoms with Gasteiger partial charge >= 0.3 is 0 Å². The Morgan fingerprint density at radius 2 is 0.593 bits per heavy atom. The molecule has 0 saturated heterocycles. The average molecular weight is 984 g/mol. The number of fused-ring (bicyclic) bond motifs is 10. The zero-order valence-corrected chi connectivity index (χ0v) is 35.7. The second kappa shape index (κ2) is 17.2. The minimum absolute atomic E-state index is 0.0859. The lowest BCUT2D eigenvalue weighted by Crippen LogP contribution is -2.27. The minimum atomic E-state index is -0.0859. The van der Waals surface area contributed by atoms with Crippen molar-refractivity contribution in [3.63, 3.8) is 0 Å². The second-order valence-electron chi connectivity index (χ2n) is 14.4. The highest BCUT2D eigenvalue weighted by Gasteiger charge is 2.25. The number of phenolic OH excluding ortho intramolecular Hbond substituents is 4. The van der Waals surface area contributed by atoms with E-state index in [0.29, 0.717) is 53.0 Å². The Morgan fingerprint density at radius 1 is 0.370 bits per heavy atom. The number of rotatable bonds is 0. The number of halogens is 4. The van der Waals surface area contributed by atoms with E-state index in [9.17, 15) is 20.4 Å². The largest absolute Gasteiger partial charge is 0.506 e. The summed E-state index contributed by atoms with van der Waals surface area (Å²) in [7, 11) is 0. The van der Waals surface area contributed by atoms with Crippen molar-refractivity contribution >= 4 is 88.6 Å². The smallest absolute Gasteiger partial charge is 0.138 e. The van der Waals surface area contributed by atoms with Crippen LogP contribution in [0.3, 0.4) is 0 Å². The molecule has 0 radical (unpaired) electrons. The Kier molecular flexibility index (Phi) is 12.4. The molecule has 8 bridgehead atoms. The lowest BCUT2D eigenvalue weighted by atomic mass is 9.91. The van der Waals surface area contributed by atoms with E-state index in [1.165, 1.54) is 0 Å². The molecule has 2 aliphatic carbocycles. The van der Waals surface area contributed by atoms with Crippen molar-refractivity contribution < 1.29 is 20.4 Å². The van der Waals surface area contributed by atoms with Crippen LogP contribution < -0.4 is 0 Å². The van der Waals surface area contributed by atoms with Crippen LogP contribution in [0.5, 0.6) is 23.0 Å². The lowest BCUT2D eigenvalue weighted by molar-refractivity contribution is 0.390. The van der Waals surface area contributed by atoms with Gasteiger partial charge in [-0.2, -0.15) is 0 Å². The monoisotopic (exact) mass is 980 g/mol. The number of hydrogen-bond acceptors (Lipinski definition) is 8. The Balaban J connectivity index is 1.31. The molecule has 4 aromatic rings. The molecule has 4 aromatic carbocycles. The predicted octanol–water partition coefficient (Wildman–Crippen LogP) is 10.8. The Morgan fingerprint density at radius 3 is 0.815 bits per heavy atom. The van der Waals surface area contributed by atoms with E-state index in [4.69, 9.17) is 20.0 Å². The standard InChI is InChI=1S/C42H40Br4N4O4/c43-31-15-23-9-25-13-29(41(53)33(45)17-25)21-49-37-7-3-4-8-38(37)50-22-30-14-26(18-34(46)42(30)54)10-24-12-28(40(52)32(44)16-24)20-48-36-6-2-1-5-35(36)47-19-27(11-23)39(31)51/h11-22,35-38,51-54H,1-10H2/t35-,36-,37-,38-/m0/s1. The highest BCUT2D eigenvalue weighted by molar-refractivity contribution is 9.11. The average Bonchev–Trinajstić information content (AvgIpc) is 3.15. The lowest BCUT2D eigenvalue weighted by Gasteiger charge is -2.25. The SMILES string of the molecule is Oc1c(Br)cc2cc1C=N[C@H]1CCCC[C@@H]1N=Cc1cc(cc(Br)c1O)Cc1cc(Br)c(O)c(c1)C=N[C@H]1CCCC[C@@H]1N=Cc1cc(cc(Br)c1O)C2. The molecule has 8 nitrogen and oxygen atoms in total. The molecule has 280 valence electrons. The third kappa shape index (κ3) is 9.03. The van der Waals surface area contributed by atoms with E-state index in [1.807, 2.05) is 48.5 Å². The third-order valence-corrected chi connectivity index (χ3v) is 12.9. The van der Waals surface area contributed by atoms with Gasteiger partial charge in [-0.05, 0) is 173 Å². The maximum Gasteiger partial charge on any atom is 0.138 e. The molecular weight excluding hydrogens is 944 g/mol. The summed E-state index contributed by atoms with van der Waals surface area (Å²) in [5.74, 6) is 0.483. The van der Waals surface area contributed by atoms with Crippen molar-refractivity contribution in [1.82, 2.24) is 0 Å². The van der Waals surface area contributed by atoms with Gasteiger partial charge in [0.05, 0.1) is 42.1 Å². The maximum atomic E-state index is 11.0. The number of hydrogen-bond donors (Lipinski definition) is 4. The minimum Gasteiger partial charge on any atom is -0.506 e. The molecule has 4 N–H and O–H groups in total. The molecule has 1 heterocycles. The number of aliphatic imine (C=N–C) groups is 4. The number of nitrogens with zero attached hydrogens (tertiary/aromatic N) is 4. The number of aromatic hydroxyl groups is 4. The van der Waals surface area contributed by atoms with Crippen molar-refractivity contribution in [3.05, 3.63) is 111 Å². The molecule has 0 amide bonds. The van der Waals surface area contributed by atoms with E-state index >= 15 is 0 Å². The van der Waals surface area contributed by atoms with Crippen molar-refractivity contribution in [3.8, 4) is 23.0 Å². The highest BCUT2D eigenvalue weighted by Crippen LogP contribution is 2.36. The van der Waals surface area contributed by atoms with Crippen LogP contribution in [0.15, 0.2) is 86.4 Å². The second-order valence-corrected chi connectivity index (χ2v) is 17.8. The molecule has 2 saturated carbocycles. The van der Waals surface area contributed by atoms with Gasteiger partial charge in [-0.3, -0.25) is 20.0 Å². The highest BCUT2D eigenvalue weighted by atomic mass is 79.9. The van der Waals surface area contributed by atoms with Crippen molar-refractivity contribution in [2.75, 3.05) is 0 Å². The Bertz CT molecular complexity index is 1880. The van der Waals surface area contributed by atoms with E-state index in [1.54, 1.807) is 24.9 Å². The van der Waals surface area contributed by atoms with Crippen molar-refractivity contribution in [2.24, 2.45) is 20.0 Å². The summed E-state index contributed by atoms with van der Waals surface area (Å²) in [4.78, 5) is 19.9. The predicted molar refractivity (Wildman–Crippen MR) is 231 cm³/mol. The molecule has 4 atom stereocenters. The van der Waals surface area contributed by atoms with Gasteiger partial charge < -0.3 is 20.4 Å². The first-order valence-corrected chi connectivity index (χ1v) is 21.4. The maximum absolute atomic E-state index is 11.0. The van der Waals surface area contributed by atoms with Crippen LogP contribution >= 0.6 is 63.7 Å². The first-order valence-electron chi connectivity index (χ1n) is 18.2. The van der Waals surface area contributed by atoms with E-state index in [0.717, 1.165) is 73.6 Å². The first kappa shape index (κ1) is 38.9. The van der Waals surface area contributed by atoms with Crippen LogP contribution in [-0.4, -0.2) is 69.5 Å². The normalized spacial score (nSPS) is 21.7. The van der Waals surface area contributed by atoms with Gasteiger partial charge in [0.25, 0.3) is 0 Å². The Hall–Kier alpha value is -3.32. The van der Waals surface area contributed by atoms with Gasteiger partial charge in [-0.15, -0.1) is 0 Å². The zero-order valence-electron chi connectivity index (χ0n) is 29.4. The molecule has 54 heavy (non-hydrogen) atoms. The first-order chi connectivity index (χ1) is 26.0. The fraction of sp³-hybridized carbons (Fsp3) is 0.333. The summed E-state index contributed by atoms with van der Waals surface area (Å²) in [6, 6.07) is 15.0. The molecule has 0 unspecified atom stereocenters. The molecule has 7 rings (SSSR count). The van der Waals surface area contributed by atoms with Gasteiger partial charge in [0, 0.05) is 47.1 Å². The summed E-state index contributed by atoms with van der Waals surface area (Å²) in [6.45, 7) is 0. The van der Waals surface area contributed by atoms with Gasteiger partial charge in [-0.25, -0.2) is 0 Å². The fourth-order valence-electron chi connectivity index (χ4n) is 7.57. The summed E-state index contributed by atoms with van der Waals surface area (Å²) in [5, 5.41) is 44.1. The molecule has 0 aromatic heterocycles. The number of phenols is 4. The summed E-state index contributed by atoms with van der Waals surface area (Å²) in [6.07, 6.45) is 15.7. The molecule has 12 heteroatoms. The topological polar surface area (TPSA) is 130 Å². The van der Waals surface area contributed by atoms with Gasteiger partial charge in [0.15, 0.2) is 0 Å². The van der Waals surface area contributed by atoms with Gasteiger partial charge in [0.1, 0.15) is 23.0 Å². The summed E-state index contributed by atoms with van der Waals surface area (Å²) >= 11 is 14.2. The van der Waals surface area contributed by atoms with Gasteiger partial charge in [-0.1, -0.05) is 25.7 Å². The molecule has 0 spiro atoms. The quantitative estimate of drug-likeness (QED) is 0.140. The van der Waals surface area contributed by atoms with Crippen LogP contribution in [0.2, 0.25) is 0 Å². The van der Waals surface area contributed by atoms with E-state index in [2.05, 4.69) is 63.7 Å². The molecular formula is C42H40Br4N4O4.